The second-order valence-electron chi connectivity index (χ2n) is 9.05. The summed E-state index contributed by atoms with van der Waals surface area (Å²) in [5.41, 5.74) is 3.02. The first kappa shape index (κ1) is 24.0. The number of hydrogen-bond donors (Lipinski definition) is 4. The van der Waals surface area contributed by atoms with Gasteiger partial charge in [-0.05, 0) is 42.6 Å². The van der Waals surface area contributed by atoms with Gasteiger partial charge in [0.05, 0.1) is 11.2 Å². The molecule has 2 heterocycles. The summed E-state index contributed by atoms with van der Waals surface area (Å²) in [7, 11) is -1.68. The Bertz CT molecular complexity index is 1420. The summed E-state index contributed by atoms with van der Waals surface area (Å²) in [6.45, 7) is 1.61. The second kappa shape index (κ2) is 9.38. The first-order chi connectivity index (χ1) is 17.2. The summed E-state index contributed by atoms with van der Waals surface area (Å²) in [6, 6.07) is 8.84. The first-order valence-corrected chi connectivity index (χ1v) is 11.6. The van der Waals surface area contributed by atoms with E-state index in [0.717, 1.165) is 18.9 Å². The molecule has 1 aliphatic heterocycles. The smallest absolute Gasteiger partial charge is 0.477 e. The van der Waals surface area contributed by atoms with Crippen molar-refractivity contribution in [3.63, 3.8) is 0 Å². The Labute approximate surface area is 205 Å². The lowest BCUT2D eigenvalue weighted by molar-refractivity contribution is 0.0694. The lowest BCUT2D eigenvalue weighted by Gasteiger charge is -2.36. The summed E-state index contributed by atoms with van der Waals surface area (Å²) >= 11 is 0. The number of nitrogens with one attached hydrogen (secondary N) is 1. The molecule has 1 amide bonds. The van der Waals surface area contributed by atoms with Gasteiger partial charge in [-0.3, -0.25) is 15.0 Å². The Morgan fingerprint density at radius 1 is 1.06 bits per heavy atom. The number of aromatic nitrogens is 1. The molecule has 2 aromatic carbocycles. The van der Waals surface area contributed by atoms with Crippen molar-refractivity contribution in [1.82, 2.24) is 15.0 Å². The SMILES string of the molecule is O=C(NN1CCN(c2cc3c(cc2F)c(=O)c(C(=O)O)cn3C2CC2)CC1)c1cccc(B(O)O)c1. The maximum Gasteiger partial charge on any atom is 0.488 e. The van der Waals surface area contributed by atoms with Crippen LogP contribution in [0.5, 0.6) is 0 Å². The van der Waals surface area contributed by atoms with Crippen molar-refractivity contribution >= 4 is 41.0 Å². The Kier molecular flexibility index (Phi) is 6.25. The average Bonchev–Trinajstić information content (AvgIpc) is 3.70. The molecular formula is C24H24BFN4O6. The molecule has 0 atom stereocenters. The van der Waals surface area contributed by atoms with Crippen LogP contribution >= 0.6 is 0 Å². The fourth-order valence-corrected chi connectivity index (χ4v) is 4.52. The zero-order chi connectivity index (χ0) is 25.6. The monoisotopic (exact) mass is 494 g/mol. The minimum absolute atomic E-state index is 0.0455. The zero-order valence-electron chi connectivity index (χ0n) is 19.2. The van der Waals surface area contributed by atoms with Gasteiger partial charge in [-0.2, -0.15) is 0 Å². The number of carbonyl (C=O) groups excluding carboxylic acids is 1. The molecule has 36 heavy (non-hydrogen) atoms. The van der Waals surface area contributed by atoms with Crippen LogP contribution in [0.2, 0.25) is 0 Å². The van der Waals surface area contributed by atoms with Gasteiger partial charge in [0.2, 0.25) is 5.43 Å². The molecule has 2 fully saturated rings. The predicted octanol–water partition coefficient (Wildman–Crippen LogP) is 0.321. The van der Waals surface area contributed by atoms with E-state index in [1.165, 1.54) is 18.3 Å². The third kappa shape index (κ3) is 4.58. The van der Waals surface area contributed by atoms with Crippen molar-refractivity contribution in [2.45, 2.75) is 18.9 Å². The number of piperazine rings is 1. The standard InChI is InChI=1S/C24H24BFN4O6/c26-19-11-17-20(30(16-4-5-16)13-18(22(17)31)24(33)34)12-21(19)28-6-8-29(9-7-28)27-23(32)14-2-1-3-15(10-14)25(35)36/h1-3,10-13,16,35-36H,4-9H2,(H,27,32)(H,33,34). The van der Waals surface area contributed by atoms with Gasteiger partial charge in [-0.1, -0.05) is 12.1 Å². The highest BCUT2D eigenvalue weighted by molar-refractivity contribution is 6.58. The molecule has 12 heteroatoms. The number of fused-ring (bicyclic) bond motifs is 1. The van der Waals surface area contributed by atoms with Crippen molar-refractivity contribution < 1.29 is 29.1 Å². The summed E-state index contributed by atoms with van der Waals surface area (Å²) in [6.07, 6.45) is 3.08. The van der Waals surface area contributed by atoms with E-state index in [1.54, 1.807) is 27.8 Å². The molecule has 10 nitrogen and oxygen atoms in total. The molecule has 3 aromatic rings. The van der Waals surface area contributed by atoms with Crippen molar-refractivity contribution in [1.29, 1.82) is 0 Å². The van der Waals surface area contributed by atoms with Crippen LogP contribution in [0.25, 0.3) is 10.9 Å². The Balaban J connectivity index is 1.34. The molecule has 2 aliphatic rings. The van der Waals surface area contributed by atoms with E-state index < -0.39 is 30.2 Å². The molecular weight excluding hydrogens is 470 g/mol. The molecule has 0 bridgehead atoms. The fraction of sp³-hybridized carbons (Fsp3) is 0.292. The number of nitrogens with zero attached hydrogens (tertiary/aromatic N) is 3. The van der Waals surface area contributed by atoms with E-state index in [9.17, 15) is 29.5 Å². The molecule has 0 unspecified atom stereocenters. The van der Waals surface area contributed by atoms with E-state index in [2.05, 4.69) is 5.43 Å². The Morgan fingerprint density at radius 3 is 2.42 bits per heavy atom. The van der Waals surface area contributed by atoms with Gasteiger partial charge >= 0.3 is 13.1 Å². The number of anilines is 1. The number of amides is 1. The van der Waals surface area contributed by atoms with Gasteiger partial charge in [0, 0.05) is 49.4 Å². The third-order valence-corrected chi connectivity index (χ3v) is 6.60. The molecule has 4 N–H and O–H groups in total. The van der Waals surface area contributed by atoms with Crippen LogP contribution in [0.3, 0.4) is 0 Å². The highest BCUT2D eigenvalue weighted by Gasteiger charge is 2.29. The van der Waals surface area contributed by atoms with E-state index in [0.29, 0.717) is 37.4 Å². The Morgan fingerprint density at radius 2 is 1.78 bits per heavy atom. The number of benzene rings is 2. The topological polar surface area (TPSA) is 135 Å². The van der Waals surface area contributed by atoms with Crippen LogP contribution in [-0.2, 0) is 0 Å². The molecule has 0 spiro atoms. The lowest BCUT2D eigenvalue weighted by atomic mass is 9.79. The normalized spacial score (nSPS) is 16.2. The largest absolute Gasteiger partial charge is 0.488 e. The van der Waals surface area contributed by atoms with E-state index in [-0.39, 0.29) is 28.0 Å². The number of halogens is 1. The van der Waals surface area contributed by atoms with Crippen LogP contribution < -0.4 is 21.2 Å². The molecule has 1 saturated heterocycles. The number of aromatic carboxylic acids is 1. The first-order valence-electron chi connectivity index (χ1n) is 11.6. The molecule has 1 aromatic heterocycles. The van der Waals surface area contributed by atoms with Gasteiger partial charge < -0.3 is 24.6 Å². The minimum atomic E-state index is -1.68. The van der Waals surface area contributed by atoms with Crippen LogP contribution in [-0.4, -0.2) is 69.9 Å². The lowest BCUT2D eigenvalue weighted by Crippen LogP contribution is -2.54. The van der Waals surface area contributed by atoms with E-state index in [4.69, 9.17) is 0 Å². The molecule has 0 radical (unpaired) electrons. The van der Waals surface area contributed by atoms with Crippen molar-refractivity contribution in [3.8, 4) is 0 Å². The number of rotatable bonds is 6. The highest BCUT2D eigenvalue weighted by atomic mass is 19.1. The maximum absolute atomic E-state index is 15.1. The summed E-state index contributed by atoms with van der Waals surface area (Å²) in [4.78, 5) is 38.6. The number of carbonyl (C=O) groups is 2. The number of hydrogen-bond acceptors (Lipinski definition) is 7. The van der Waals surface area contributed by atoms with Crippen molar-refractivity contribution in [2.24, 2.45) is 0 Å². The zero-order valence-corrected chi connectivity index (χ0v) is 19.2. The molecule has 1 saturated carbocycles. The van der Waals surface area contributed by atoms with E-state index in [1.807, 2.05) is 4.90 Å². The molecule has 5 rings (SSSR count). The van der Waals surface area contributed by atoms with E-state index >= 15 is 4.39 Å². The number of carboxylic acids is 1. The third-order valence-electron chi connectivity index (χ3n) is 6.60. The minimum Gasteiger partial charge on any atom is -0.477 e. The van der Waals surface area contributed by atoms with Gasteiger partial charge in [0.15, 0.2) is 0 Å². The van der Waals surface area contributed by atoms with Gasteiger partial charge in [-0.25, -0.2) is 14.2 Å². The number of hydrazine groups is 1. The average molecular weight is 494 g/mol. The van der Waals surface area contributed by atoms with Crippen LogP contribution in [0.1, 0.15) is 39.6 Å². The summed E-state index contributed by atoms with van der Waals surface area (Å²) < 4.78 is 16.9. The van der Waals surface area contributed by atoms with Gasteiger partial charge in [0.25, 0.3) is 5.91 Å². The van der Waals surface area contributed by atoms with Crippen LogP contribution in [0, 0.1) is 5.82 Å². The second-order valence-corrected chi connectivity index (χ2v) is 9.05. The molecule has 186 valence electrons. The Hall–Kier alpha value is -3.74. The van der Waals surface area contributed by atoms with Crippen molar-refractivity contribution in [2.75, 3.05) is 31.1 Å². The summed E-state index contributed by atoms with van der Waals surface area (Å²) in [5, 5.41) is 29.8. The van der Waals surface area contributed by atoms with Crippen LogP contribution in [0.15, 0.2) is 47.4 Å². The quantitative estimate of drug-likeness (QED) is 0.360. The van der Waals surface area contributed by atoms with Crippen LogP contribution in [0.4, 0.5) is 10.1 Å². The number of carboxylic acid groups (broad SMARTS) is 1. The highest BCUT2D eigenvalue weighted by Crippen LogP contribution is 2.38. The van der Waals surface area contributed by atoms with Gasteiger partial charge in [0.1, 0.15) is 11.4 Å². The number of pyridine rings is 1. The predicted molar refractivity (Wildman–Crippen MR) is 131 cm³/mol. The van der Waals surface area contributed by atoms with Crippen molar-refractivity contribution in [3.05, 3.63) is 69.8 Å². The summed E-state index contributed by atoms with van der Waals surface area (Å²) in [5.74, 6) is -2.34. The maximum atomic E-state index is 15.1. The fourth-order valence-electron chi connectivity index (χ4n) is 4.52. The van der Waals surface area contributed by atoms with Gasteiger partial charge in [-0.15, -0.1) is 0 Å². The molecule has 1 aliphatic carbocycles.